The molecule has 0 saturated carbocycles. The number of fused-ring (bicyclic) bond motifs is 1. The molecule has 0 aromatic carbocycles. The first kappa shape index (κ1) is 19.2. The fourth-order valence-electron chi connectivity index (χ4n) is 3.15. The van der Waals surface area contributed by atoms with Gasteiger partial charge in [-0.3, -0.25) is 19.4 Å². The molecule has 0 radical (unpaired) electrons. The van der Waals surface area contributed by atoms with Gasteiger partial charge < -0.3 is 10.6 Å². The molecule has 2 heterocycles. The molecule has 0 spiro atoms. The molecule has 142 valence electrons. The fraction of sp³-hybridized carbons (Fsp3) is 0.400. The van der Waals surface area contributed by atoms with Crippen molar-refractivity contribution in [2.75, 3.05) is 13.1 Å². The van der Waals surface area contributed by atoms with Crippen LogP contribution in [-0.4, -0.2) is 35.7 Å². The third-order valence-electron chi connectivity index (χ3n) is 4.61. The predicted octanol–water partition coefficient (Wildman–Crippen LogP) is 2.14. The van der Waals surface area contributed by atoms with Crippen molar-refractivity contribution in [3.05, 3.63) is 52.0 Å². The Kier molecular flexibility index (Phi) is 6.70. The van der Waals surface area contributed by atoms with Crippen molar-refractivity contribution in [2.24, 2.45) is 5.92 Å². The molecule has 2 N–H and O–H groups in total. The number of amides is 2. The van der Waals surface area contributed by atoms with Crippen molar-refractivity contribution in [3.63, 3.8) is 0 Å². The van der Waals surface area contributed by atoms with Gasteiger partial charge in [0.25, 0.3) is 0 Å². The van der Waals surface area contributed by atoms with Crippen LogP contribution in [0.1, 0.15) is 40.2 Å². The third-order valence-corrected chi connectivity index (χ3v) is 5.52. The molecule has 6 nitrogen and oxygen atoms in total. The Balaban J connectivity index is 1.26. The summed E-state index contributed by atoms with van der Waals surface area (Å²) in [5.74, 6) is -0.142. The molecular formula is C20H23N3O3S. The minimum absolute atomic E-state index is 0.000497. The molecular weight excluding hydrogens is 362 g/mol. The quantitative estimate of drug-likeness (QED) is 0.511. The molecule has 1 aliphatic carbocycles. The first-order chi connectivity index (χ1) is 13.1. The van der Waals surface area contributed by atoms with Gasteiger partial charge in [0.2, 0.25) is 11.8 Å². The second kappa shape index (κ2) is 9.41. The van der Waals surface area contributed by atoms with Gasteiger partial charge in [-0.2, -0.15) is 0 Å². The number of carbonyl (C=O) groups excluding carboxylic acids is 3. The van der Waals surface area contributed by atoms with Gasteiger partial charge in [-0.25, -0.2) is 0 Å². The number of pyridine rings is 1. The van der Waals surface area contributed by atoms with Crippen LogP contribution in [0, 0.1) is 5.92 Å². The smallest absolute Gasteiger partial charge is 0.223 e. The van der Waals surface area contributed by atoms with Crippen molar-refractivity contribution >= 4 is 28.9 Å². The SMILES string of the molecule is O=C(CCC(=O)c1cccs1)NCCCNC(=O)C1Cc2cccnc2C1. The minimum atomic E-state index is -0.136. The third kappa shape index (κ3) is 5.47. The summed E-state index contributed by atoms with van der Waals surface area (Å²) in [6.07, 6.45) is 4.26. The Morgan fingerprint density at radius 1 is 1.07 bits per heavy atom. The van der Waals surface area contributed by atoms with Crippen LogP contribution in [0.3, 0.4) is 0 Å². The van der Waals surface area contributed by atoms with E-state index in [0.717, 1.165) is 17.7 Å². The molecule has 0 bridgehead atoms. The molecule has 1 unspecified atom stereocenters. The summed E-state index contributed by atoms with van der Waals surface area (Å²) < 4.78 is 0. The number of ketones is 1. The lowest BCUT2D eigenvalue weighted by molar-refractivity contribution is -0.124. The van der Waals surface area contributed by atoms with Gasteiger partial charge in [0.15, 0.2) is 5.78 Å². The first-order valence-corrected chi connectivity index (χ1v) is 10.1. The second-order valence-corrected chi connectivity index (χ2v) is 7.56. The van der Waals surface area contributed by atoms with Gasteiger partial charge in [-0.1, -0.05) is 12.1 Å². The van der Waals surface area contributed by atoms with Gasteiger partial charge in [0.05, 0.1) is 4.88 Å². The van der Waals surface area contributed by atoms with Crippen molar-refractivity contribution in [2.45, 2.75) is 32.1 Å². The highest BCUT2D eigenvalue weighted by atomic mass is 32.1. The number of nitrogens with one attached hydrogen (secondary N) is 2. The van der Waals surface area contributed by atoms with Crippen LogP contribution in [0.15, 0.2) is 35.8 Å². The van der Waals surface area contributed by atoms with Crippen LogP contribution in [0.25, 0.3) is 0 Å². The number of Topliss-reactive ketones (excluding diaryl/α,β-unsaturated/α-hetero) is 1. The summed E-state index contributed by atoms with van der Waals surface area (Å²) in [4.78, 5) is 40.9. The number of carbonyl (C=O) groups is 3. The van der Waals surface area contributed by atoms with Crippen LogP contribution < -0.4 is 10.6 Å². The number of nitrogens with zero attached hydrogens (tertiary/aromatic N) is 1. The van der Waals surface area contributed by atoms with E-state index in [-0.39, 0.29) is 36.4 Å². The zero-order valence-corrected chi connectivity index (χ0v) is 15.9. The monoisotopic (exact) mass is 385 g/mol. The van der Waals surface area contributed by atoms with E-state index < -0.39 is 0 Å². The number of hydrogen-bond donors (Lipinski definition) is 2. The van der Waals surface area contributed by atoms with Crippen LogP contribution in [0.5, 0.6) is 0 Å². The molecule has 7 heteroatoms. The van der Waals surface area contributed by atoms with Crippen molar-refractivity contribution in [3.8, 4) is 0 Å². The zero-order chi connectivity index (χ0) is 19.1. The lowest BCUT2D eigenvalue weighted by Gasteiger charge is -2.10. The van der Waals surface area contributed by atoms with E-state index in [4.69, 9.17) is 0 Å². The van der Waals surface area contributed by atoms with E-state index in [1.807, 2.05) is 23.6 Å². The normalized spacial score (nSPS) is 15.2. The second-order valence-electron chi connectivity index (χ2n) is 6.61. The van der Waals surface area contributed by atoms with Crippen LogP contribution in [-0.2, 0) is 22.4 Å². The summed E-state index contributed by atoms with van der Waals surface area (Å²) in [7, 11) is 0. The number of thiophene rings is 1. The summed E-state index contributed by atoms with van der Waals surface area (Å²) in [5, 5.41) is 7.57. The molecule has 1 aliphatic rings. The van der Waals surface area contributed by atoms with E-state index in [9.17, 15) is 14.4 Å². The number of aromatic nitrogens is 1. The predicted molar refractivity (Wildman–Crippen MR) is 104 cm³/mol. The summed E-state index contributed by atoms with van der Waals surface area (Å²) in [6, 6.07) is 7.52. The lowest BCUT2D eigenvalue weighted by atomic mass is 10.1. The summed E-state index contributed by atoms with van der Waals surface area (Å²) in [5.41, 5.74) is 2.17. The number of rotatable bonds is 9. The summed E-state index contributed by atoms with van der Waals surface area (Å²) in [6.45, 7) is 1.01. The molecule has 0 saturated heterocycles. The Labute approximate surface area is 162 Å². The Morgan fingerprint density at radius 2 is 1.93 bits per heavy atom. The molecule has 2 amide bonds. The van der Waals surface area contributed by atoms with Gasteiger partial charge >= 0.3 is 0 Å². The summed E-state index contributed by atoms with van der Waals surface area (Å²) >= 11 is 1.39. The lowest BCUT2D eigenvalue weighted by Crippen LogP contribution is -2.34. The standard InChI is InChI=1S/C20H23N3O3S/c24-17(18-5-2-11-27-18)6-7-19(25)22-9-3-10-23-20(26)15-12-14-4-1-8-21-16(14)13-15/h1-2,4-5,8,11,15H,3,6-7,9-10,12-13H2,(H,22,25)(H,23,26). The van der Waals surface area contributed by atoms with E-state index in [0.29, 0.717) is 30.8 Å². The molecule has 2 aromatic heterocycles. The van der Waals surface area contributed by atoms with E-state index in [1.165, 1.54) is 11.3 Å². The number of hydrogen-bond acceptors (Lipinski definition) is 5. The van der Waals surface area contributed by atoms with E-state index in [1.54, 1.807) is 12.3 Å². The molecule has 3 rings (SSSR count). The van der Waals surface area contributed by atoms with Crippen molar-refractivity contribution in [1.82, 2.24) is 15.6 Å². The topological polar surface area (TPSA) is 88.2 Å². The molecule has 0 fully saturated rings. The molecule has 2 aromatic rings. The maximum atomic E-state index is 12.2. The maximum Gasteiger partial charge on any atom is 0.223 e. The van der Waals surface area contributed by atoms with Crippen molar-refractivity contribution in [1.29, 1.82) is 0 Å². The molecule has 27 heavy (non-hydrogen) atoms. The Hall–Kier alpha value is -2.54. The van der Waals surface area contributed by atoms with Crippen LogP contribution in [0.4, 0.5) is 0 Å². The van der Waals surface area contributed by atoms with Gasteiger partial charge in [0.1, 0.15) is 0 Å². The maximum absolute atomic E-state index is 12.2. The van der Waals surface area contributed by atoms with E-state index >= 15 is 0 Å². The van der Waals surface area contributed by atoms with Gasteiger partial charge in [-0.05, 0) is 35.9 Å². The average Bonchev–Trinajstić information content (AvgIpc) is 3.35. The molecule has 1 atom stereocenters. The Bertz CT molecular complexity index is 780. The molecule has 0 aliphatic heterocycles. The minimum Gasteiger partial charge on any atom is -0.356 e. The Morgan fingerprint density at radius 3 is 2.70 bits per heavy atom. The highest BCUT2D eigenvalue weighted by Crippen LogP contribution is 2.24. The fourth-order valence-corrected chi connectivity index (χ4v) is 3.84. The first-order valence-electron chi connectivity index (χ1n) is 9.17. The van der Waals surface area contributed by atoms with Gasteiger partial charge in [0, 0.05) is 50.2 Å². The van der Waals surface area contributed by atoms with Gasteiger partial charge in [-0.15, -0.1) is 11.3 Å². The van der Waals surface area contributed by atoms with Crippen LogP contribution in [0.2, 0.25) is 0 Å². The average molecular weight is 385 g/mol. The van der Waals surface area contributed by atoms with E-state index in [2.05, 4.69) is 15.6 Å². The highest BCUT2D eigenvalue weighted by molar-refractivity contribution is 7.12. The largest absolute Gasteiger partial charge is 0.356 e. The zero-order valence-electron chi connectivity index (χ0n) is 15.1. The van der Waals surface area contributed by atoms with Crippen LogP contribution >= 0.6 is 11.3 Å². The highest BCUT2D eigenvalue weighted by Gasteiger charge is 2.27. The van der Waals surface area contributed by atoms with Crippen molar-refractivity contribution < 1.29 is 14.4 Å².